The molecule has 2 nitrogen and oxygen atoms in total. The molecule has 0 aromatic heterocycles. The summed E-state index contributed by atoms with van der Waals surface area (Å²) in [4.78, 5) is 0. The van der Waals surface area contributed by atoms with Crippen molar-refractivity contribution in [1.29, 1.82) is 0 Å². The molecule has 1 N–H and O–H groups in total. The molecule has 174 valence electrons. The number of rotatable bonds is 6. The molecule has 3 fully saturated rings. The molecule has 0 spiro atoms. The Morgan fingerprint density at radius 3 is 2.65 bits per heavy atom. The van der Waals surface area contributed by atoms with Crippen LogP contribution in [0, 0.1) is 46.3 Å². The van der Waals surface area contributed by atoms with Gasteiger partial charge in [0, 0.05) is 5.92 Å². The Balaban J connectivity index is 1.50. The Morgan fingerprint density at radius 2 is 1.94 bits per heavy atom. The van der Waals surface area contributed by atoms with Crippen molar-refractivity contribution in [2.24, 2.45) is 46.3 Å². The molecule has 0 aliphatic heterocycles. The van der Waals surface area contributed by atoms with Crippen molar-refractivity contribution in [1.82, 2.24) is 0 Å². The van der Waals surface area contributed by atoms with E-state index in [1.807, 2.05) is 0 Å². The molecule has 0 heterocycles. The zero-order valence-corrected chi connectivity index (χ0v) is 20.7. The van der Waals surface area contributed by atoms with Crippen LogP contribution in [0.2, 0.25) is 0 Å². The van der Waals surface area contributed by atoms with Gasteiger partial charge in [-0.2, -0.15) is 0 Å². The zero-order chi connectivity index (χ0) is 22.4. The van der Waals surface area contributed by atoms with Gasteiger partial charge in [0.25, 0.3) is 0 Å². The zero-order valence-electron chi connectivity index (χ0n) is 20.7. The molecule has 4 aliphatic rings. The van der Waals surface area contributed by atoms with E-state index in [1.165, 1.54) is 38.5 Å². The van der Waals surface area contributed by atoms with E-state index in [-0.39, 0.29) is 6.10 Å². The van der Waals surface area contributed by atoms with Gasteiger partial charge in [0.05, 0.1) is 12.4 Å². The van der Waals surface area contributed by atoms with Gasteiger partial charge in [-0.05, 0) is 104 Å². The minimum absolute atomic E-state index is 0.102. The van der Waals surface area contributed by atoms with Crippen molar-refractivity contribution in [3.05, 3.63) is 36.3 Å². The predicted octanol–water partition coefficient (Wildman–Crippen LogP) is 7.65. The van der Waals surface area contributed by atoms with Crippen LogP contribution in [0.15, 0.2) is 36.3 Å². The maximum Gasteiger partial charge on any atom is 0.102 e. The summed E-state index contributed by atoms with van der Waals surface area (Å²) in [7, 11) is 0. The Labute approximate surface area is 191 Å². The van der Waals surface area contributed by atoms with Gasteiger partial charge in [0.1, 0.15) is 5.76 Å². The first kappa shape index (κ1) is 23.1. The number of aliphatic hydroxyl groups excluding tert-OH is 1. The van der Waals surface area contributed by atoms with Gasteiger partial charge in [0.15, 0.2) is 0 Å². The number of ether oxygens (including phenoxy) is 1. The molecule has 0 saturated heterocycles. The third-order valence-electron chi connectivity index (χ3n) is 10.3. The SMILES string of the molecule is C=CO/C(=C\C[C@@H](C)[C@H]1CC[C@H]2[C@@H]3CC=C4C[C@@H](O)CCC4(C)[C@H]3CC[C@]12C)C(C)C. The van der Waals surface area contributed by atoms with Gasteiger partial charge in [-0.3, -0.25) is 0 Å². The summed E-state index contributed by atoms with van der Waals surface area (Å²) in [6.45, 7) is 15.8. The summed E-state index contributed by atoms with van der Waals surface area (Å²) < 4.78 is 5.69. The Morgan fingerprint density at radius 1 is 1.16 bits per heavy atom. The van der Waals surface area contributed by atoms with E-state index in [4.69, 9.17) is 4.74 Å². The smallest absolute Gasteiger partial charge is 0.102 e. The largest absolute Gasteiger partial charge is 0.470 e. The second-order valence-corrected chi connectivity index (χ2v) is 12.1. The van der Waals surface area contributed by atoms with Crippen molar-refractivity contribution in [3.63, 3.8) is 0 Å². The van der Waals surface area contributed by atoms with E-state index in [9.17, 15) is 5.11 Å². The van der Waals surface area contributed by atoms with Crippen molar-refractivity contribution in [2.75, 3.05) is 0 Å². The van der Waals surface area contributed by atoms with Gasteiger partial charge in [-0.25, -0.2) is 0 Å². The standard InChI is InChI=1S/C29H46O2/c1-7-31-27(19(2)3)13-8-20(4)24-11-12-25-23-10-9-21-18-22(30)14-16-28(21,5)26(23)15-17-29(24,25)6/h7,9,13,19-20,22-26,30H,1,8,10-12,14-18H2,2-6H3/b27-13-/t20-,22+,23+,24-,25+,26+,28?,29-/m1/s1. The molecule has 1 unspecified atom stereocenters. The lowest BCUT2D eigenvalue weighted by molar-refractivity contribution is -0.0565. The summed E-state index contributed by atoms with van der Waals surface area (Å²) >= 11 is 0. The van der Waals surface area contributed by atoms with Crippen molar-refractivity contribution in [2.45, 2.75) is 98.5 Å². The Bertz CT molecular complexity index is 733. The van der Waals surface area contributed by atoms with Crippen LogP contribution >= 0.6 is 0 Å². The molecular formula is C29H46O2. The van der Waals surface area contributed by atoms with Crippen LogP contribution in [-0.4, -0.2) is 11.2 Å². The molecule has 2 heteroatoms. The van der Waals surface area contributed by atoms with Crippen LogP contribution in [0.25, 0.3) is 0 Å². The Kier molecular flexibility index (Phi) is 6.52. The van der Waals surface area contributed by atoms with Crippen LogP contribution in [0.1, 0.15) is 92.4 Å². The lowest BCUT2D eigenvalue weighted by Crippen LogP contribution is -2.50. The summed E-state index contributed by atoms with van der Waals surface area (Å²) in [6.07, 6.45) is 17.4. The summed E-state index contributed by atoms with van der Waals surface area (Å²) in [5.74, 6) is 5.56. The number of aliphatic hydroxyl groups is 1. The number of hydrogen-bond donors (Lipinski definition) is 1. The Hall–Kier alpha value is -1.02. The van der Waals surface area contributed by atoms with E-state index in [0.29, 0.717) is 22.7 Å². The molecule has 3 saturated carbocycles. The van der Waals surface area contributed by atoms with Crippen molar-refractivity contribution < 1.29 is 9.84 Å². The van der Waals surface area contributed by atoms with Crippen LogP contribution in [0.5, 0.6) is 0 Å². The van der Waals surface area contributed by atoms with E-state index in [2.05, 4.69) is 53.3 Å². The molecule has 4 aliphatic carbocycles. The van der Waals surface area contributed by atoms with Crippen molar-refractivity contribution in [3.8, 4) is 0 Å². The number of hydrogen-bond acceptors (Lipinski definition) is 2. The maximum atomic E-state index is 10.2. The first-order valence-electron chi connectivity index (χ1n) is 13.1. The summed E-state index contributed by atoms with van der Waals surface area (Å²) in [6, 6.07) is 0. The molecule has 0 aromatic carbocycles. The van der Waals surface area contributed by atoms with Gasteiger partial charge in [0.2, 0.25) is 0 Å². The van der Waals surface area contributed by atoms with Crippen LogP contribution in [0.3, 0.4) is 0 Å². The normalized spacial score (nSPS) is 43.5. The van der Waals surface area contributed by atoms with Gasteiger partial charge >= 0.3 is 0 Å². The highest BCUT2D eigenvalue weighted by atomic mass is 16.5. The minimum atomic E-state index is -0.102. The molecular weight excluding hydrogens is 380 g/mol. The third-order valence-corrected chi connectivity index (χ3v) is 10.3. The maximum absolute atomic E-state index is 10.2. The van der Waals surface area contributed by atoms with Gasteiger partial charge in [-0.1, -0.05) is 52.8 Å². The van der Waals surface area contributed by atoms with Gasteiger partial charge < -0.3 is 9.84 Å². The first-order chi connectivity index (χ1) is 14.7. The van der Waals surface area contributed by atoms with E-state index in [0.717, 1.165) is 48.7 Å². The molecule has 0 radical (unpaired) electrons. The first-order valence-corrected chi connectivity index (χ1v) is 13.1. The fourth-order valence-corrected chi connectivity index (χ4v) is 8.60. The number of fused-ring (bicyclic) bond motifs is 5. The molecule has 0 bridgehead atoms. The molecule has 0 amide bonds. The predicted molar refractivity (Wildman–Crippen MR) is 129 cm³/mol. The minimum Gasteiger partial charge on any atom is -0.470 e. The highest BCUT2D eigenvalue weighted by Gasteiger charge is 2.59. The highest BCUT2D eigenvalue weighted by Crippen LogP contribution is 2.67. The van der Waals surface area contributed by atoms with Gasteiger partial charge in [-0.15, -0.1) is 0 Å². The summed E-state index contributed by atoms with van der Waals surface area (Å²) in [5, 5.41) is 10.2. The van der Waals surface area contributed by atoms with Crippen LogP contribution in [0.4, 0.5) is 0 Å². The fourth-order valence-electron chi connectivity index (χ4n) is 8.60. The van der Waals surface area contributed by atoms with Crippen molar-refractivity contribution >= 4 is 0 Å². The lowest BCUT2D eigenvalue weighted by atomic mass is 9.47. The summed E-state index contributed by atoms with van der Waals surface area (Å²) in [5.41, 5.74) is 2.43. The second kappa shape index (κ2) is 8.73. The topological polar surface area (TPSA) is 29.5 Å². The lowest BCUT2D eigenvalue weighted by Gasteiger charge is -2.58. The molecule has 4 rings (SSSR count). The molecule has 8 atom stereocenters. The van der Waals surface area contributed by atoms with E-state index < -0.39 is 0 Å². The third kappa shape index (κ3) is 3.96. The number of allylic oxidation sites excluding steroid dienone is 3. The fraction of sp³-hybridized carbons (Fsp3) is 0.793. The monoisotopic (exact) mass is 426 g/mol. The van der Waals surface area contributed by atoms with Crippen LogP contribution < -0.4 is 0 Å². The van der Waals surface area contributed by atoms with E-state index in [1.54, 1.807) is 11.8 Å². The quantitative estimate of drug-likeness (QED) is 0.349. The average molecular weight is 427 g/mol. The molecule has 31 heavy (non-hydrogen) atoms. The molecule has 0 aromatic rings. The average Bonchev–Trinajstić information content (AvgIpc) is 3.08. The highest BCUT2D eigenvalue weighted by molar-refractivity contribution is 5.25. The van der Waals surface area contributed by atoms with E-state index >= 15 is 0 Å². The van der Waals surface area contributed by atoms with Crippen LogP contribution in [-0.2, 0) is 4.74 Å². The second-order valence-electron chi connectivity index (χ2n) is 12.1.